The first kappa shape index (κ1) is 15.8. The molecule has 0 atom stereocenters. The number of rotatable bonds is 3. The highest BCUT2D eigenvalue weighted by Crippen LogP contribution is 2.31. The summed E-state index contributed by atoms with van der Waals surface area (Å²) in [5, 5.41) is 0. The Hall–Kier alpha value is -2.70. The molecule has 0 radical (unpaired) electrons. The monoisotopic (exact) mass is 339 g/mol. The first-order chi connectivity index (χ1) is 12.2. The fourth-order valence-corrected chi connectivity index (χ4v) is 3.31. The van der Waals surface area contributed by atoms with Gasteiger partial charge in [0.25, 0.3) is 0 Å². The van der Waals surface area contributed by atoms with Crippen molar-refractivity contribution in [3.63, 3.8) is 0 Å². The van der Waals surface area contributed by atoms with Crippen LogP contribution in [0.15, 0.2) is 24.5 Å². The van der Waals surface area contributed by atoms with Crippen LogP contribution in [0.4, 0.5) is 5.95 Å². The first-order valence-electron chi connectivity index (χ1n) is 8.69. The topological polar surface area (TPSA) is 71.5 Å². The van der Waals surface area contributed by atoms with Crippen LogP contribution >= 0.6 is 0 Å². The summed E-state index contributed by atoms with van der Waals surface area (Å²) >= 11 is 0. The van der Waals surface area contributed by atoms with E-state index in [1.807, 2.05) is 17.0 Å². The number of pyridine rings is 1. The Balaban J connectivity index is 1.72. The summed E-state index contributed by atoms with van der Waals surface area (Å²) < 4.78 is 6.03. The number of nitrogens with zero attached hydrogens (tertiary/aromatic N) is 5. The summed E-state index contributed by atoms with van der Waals surface area (Å²) in [4.78, 5) is 29.3. The second-order valence-corrected chi connectivity index (χ2v) is 6.43. The largest absolute Gasteiger partial charge is 0.437 e. The number of ether oxygens (including phenoxy) is 1. The minimum Gasteiger partial charge on any atom is -0.437 e. The Morgan fingerprint density at radius 1 is 1.20 bits per heavy atom. The summed E-state index contributed by atoms with van der Waals surface area (Å²) in [6.45, 7) is 4.69. The molecule has 1 amide bonds. The van der Waals surface area contributed by atoms with Crippen LogP contribution in [0.2, 0.25) is 0 Å². The molecule has 0 spiro atoms. The number of carbonyl (C=O) groups is 1. The van der Waals surface area contributed by atoms with Crippen molar-refractivity contribution in [3.05, 3.63) is 35.8 Å². The molecule has 1 fully saturated rings. The predicted molar refractivity (Wildman–Crippen MR) is 92.6 cm³/mol. The zero-order valence-electron chi connectivity index (χ0n) is 14.3. The van der Waals surface area contributed by atoms with Gasteiger partial charge in [0.2, 0.25) is 17.7 Å². The van der Waals surface area contributed by atoms with Crippen LogP contribution in [0.3, 0.4) is 0 Å². The standard InChI is InChI=1S/C18H21N5O2/c1-13(24)23-10-6-15-16(12-23)20-18(22-8-2-3-9-22)21-17(15)25-14-5-4-7-19-11-14/h4-5,7,11H,2-3,6,8-10,12H2,1H3. The highest BCUT2D eigenvalue weighted by atomic mass is 16.5. The van der Waals surface area contributed by atoms with E-state index in [2.05, 4.69) is 9.88 Å². The molecule has 7 nitrogen and oxygen atoms in total. The lowest BCUT2D eigenvalue weighted by Gasteiger charge is -2.29. The highest BCUT2D eigenvalue weighted by molar-refractivity contribution is 5.73. The molecular formula is C18H21N5O2. The van der Waals surface area contributed by atoms with Gasteiger partial charge < -0.3 is 14.5 Å². The van der Waals surface area contributed by atoms with Gasteiger partial charge in [-0.3, -0.25) is 9.78 Å². The number of hydrogen-bond donors (Lipinski definition) is 0. The zero-order chi connectivity index (χ0) is 17.2. The van der Waals surface area contributed by atoms with Crippen LogP contribution in [0.1, 0.15) is 31.0 Å². The van der Waals surface area contributed by atoms with Crippen molar-refractivity contribution in [3.8, 4) is 11.6 Å². The van der Waals surface area contributed by atoms with E-state index in [0.29, 0.717) is 37.1 Å². The normalized spacial score (nSPS) is 16.7. The number of fused-ring (bicyclic) bond motifs is 1. The Kier molecular flexibility index (Phi) is 4.21. The molecule has 0 N–H and O–H groups in total. The molecule has 130 valence electrons. The maximum atomic E-state index is 11.8. The average Bonchev–Trinajstić information content (AvgIpc) is 3.16. The summed E-state index contributed by atoms with van der Waals surface area (Å²) in [5.74, 6) is 2.01. The predicted octanol–water partition coefficient (Wildman–Crippen LogP) is 2.17. The Labute approximate surface area is 146 Å². The second-order valence-electron chi connectivity index (χ2n) is 6.43. The zero-order valence-corrected chi connectivity index (χ0v) is 14.3. The maximum Gasteiger partial charge on any atom is 0.228 e. The van der Waals surface area contributed by atoms with Gasteiger partial charge in [0.05, 0.1) is 18.4 Å². The number of aromatic nitrogens is 3. The maximum absolute atomic E-state index is 11.8. The molecule has 4 rings (SSSR count). The van der Waals surface area contributed by atoms with Crippen LogP contribution in [0.5, 0.6) is 11.6 Å². The number of anilines is 1. The van der Waals surface area contributed by atoms with Crippen LogP contribution < -0.4 is 9.64 Å². The third-order valence-electron chi connectivity index (χ3n) is 4.70. The van der Waals surface area contributed by atoms with Crippen molar-refractivity contribution in [1.82, 2.24) is 19.9 Å². The molecule has 4 heterocycles. The second kappa shape index (κ2) is 6.66. The molecule has 0 aromatic carbocycles. The van der Waals surface area contributed by atoms with Crippen LogP contribution in [0, 0.1) is 0 Å². The lowest BCUT2D eigenvalue weighted by Crippen LogP contribution is -2.35. The third-order valence-corrected chi connectivity index (χ3v) is 4.70. The van der Waals surface area contributed by atoms with Crippen molar-refractivity contribution in [1.29, 1.82) is 0 Å². The SMILES string of the molecule is CC(=O)N1CCc2c(nc(N3CCCC3)nc2Oc2cccnc2)C1. The van der Waals surface area contributed by atoms with E-state index in [9.17, 15) is 4.79 Å². The molecular weight excluding hydrogens is 318 g/mol. The minimum atomic E-state index is 0.0710. The van der Waals surface area contributed by atoms with Crippen LogP contribution in [0.25, 0.3) is 0 Å². The molecule has 7 heteroatoms. The van der Waals surface area contributed by atoms with Crippen LogP contribution in [-0.2, 0) is 17.8 Å². The van der Waals surface area contributed by atoms with E-state index >= 15 is 0 Å². The summed E-state index contributed by atoms with van der Waals surface area (Å²) in [6.07, 6.45) is 6.39. The molecule has 0 bridgehead atoms. The van der Waals surface area contributed by atoms with Gasteiger partial charge >= 0.3 is 0 Å². The van der Waals surface area contributed by atoms with E-state index < -0.39 is 0 Å². The number of hydrogen-bond acceptors (Lipinski definition) is 6. The number of amides is 1. The molecule has 2 aliphatic rings. The molecule has 2 aromatic rings. The van der Waals surface area contributed by atoms with Gasteiger partial charge in [-0.1, -0.05) is 0 Å². The molecule has 2 aliphatic heterocycles. The van der Waals surface area contributed by atoms with Gasteiger partial charge in [-0.15, -0.1) is 0 Å². The highest BCUT2D eigenvalue weighted by Gasteiger charge is 2.27. The Morgan fingerprint density at radius 2 is 2.04 bits per heavy atom. The van der Waals surface area contributed by atoms with Crippen molar-refractivity contribution in [2.24, 2.45) is 0 Å². The fourth-order valence-electron chi connectivity index (χ4n) is 3.31. The summed E-state index contributed by atoms with van der Waals surface area (Å²) in [6, 6.07) is 3.70. The fraction of sp³-hybridized carbons (Fsp3) is 0.444. The average molecular weight is 339 g/mol. The minimum absolute atomic E-state index is 0.0710. The Morgan fingerprint density at radius 3 is 2.76 bits per heavy atom. The number of carbonyl (C=O) groups excluding carboxylic acids is 1. The molecule has 1 saturated heterocycles. The molecule has 0 saturated carbocycles. The lowest BCUT2D eigenvalue weighted by atomic mass is 10.1. The third kappa shape index (κ3) is 3.26. The summed E-state index contributed by atoms with van der Waals surface area (Å²) in [7, 11) is 0. The van der Waals surface area contributed by atoms with E-state index in [1.165, 1.54) is 0 Å². The van der Waals surface area contributed by atoms with Gasteiger partial charge in [-0.2, -0.15) is 4.98 Å². The van der Waals surface area contributed by atoms with Gasteiger partial charge in [0.1, 0.15) is 5.75 Å². The van der Waals surface area contributed by atoms with Crippen LogP contribution in [-0.4, -0.2) is 45.4 Å². The van der Waals surface area contributed by atoms with E-state index in [0.717, 1.165) is 37.2 Å². The van der Waals surface area contributed by atoms with E-state index in [1.54, 1.807) is 19.3 Å². The van der Waals surface area contributed by atoms with Gasteiger partial charge in [-0.25, -0.2) is 4.98 Å². The molecule has 25 heavy (non-hydrogen) atoms. The van der Waals surface area contributed by atoms with E-state index in [4.69, 9.17) is 14.7 Å². The first-order valence-corrected chi connectivity index (χ1v) is 8.69. The molecule has 0 unspecified atom stereocenters. The van der Waals surface area contributed by atoms with E-state index in [-0.39, 0.29) is 5.91 Å². The summed E-state index contributed by atoms with van der Waals surface area (Å²) in [5.41, 5.74) is 1.88. The van der Waals surface area contributed by atoms with Gasteiger partial charge in [0.15, 0.2) is 0 Å². The Bertz CT molecular complexity index is 775. The smallest absolute Gasteiger partial charge is 0.228 e. The quantitative estimate of drug-likeness (QED) is 0.853. The lowest BCUT2D eigenvalue weighted by molar-refractivity contribution is -0.129. The van der Waals surface area contributed by atoms with Crippen molar-refractivity contribution < 1.29 is 9.53 Å². The van der Waals surface area contributed by atoms with Gasteiger partial charge in [-0.05, 0) is 31.4 Å². The molecule has 2 aromatic heterocycles. The van der Waals surface area contributed by atoms with Crippen molar-refractivity contribution >= 4 is 11.9 Å². The van der Waals surface area contributed by atoms with Gasteiger partial charge in [0, 0.05) is 38.3 Å². The van der Waals surface area contributed by atoms with Crippen molar-refractivity contribution in [2.75, 3.05) is 24.5 Å². The molecule has 0 aliphatic carbocycles. The van der Waals surface area contributed by atoms with Crippen molar-refractivity contribution in [2.45, 2.75) is 32.7 Å².